The van der Waals surface area contributed by atoms with E-state index in [1.165, 1.54) is 6.26 Å². The van der Waals surface area contributed by atoms with Crippen molar-refractivity contribution in [1.29, 1.82) is 0 Å². The Bertz CT molecular complexity index is 814. The standard InChI is InChI=1S/C20H27N5O3S/c1-14-13-15(2)22-20(21-14)23-16(6-12-29-3)18(26)24-7-9-25(10-8-24)19(27)17-5-4-11-28-17/h4-5,11,13,16H,6-10,12H2,1-3H3,(H,21,22,23). The number of hydrogen-bond acceptors (Lipinski definition) is 7. The zero-order valence-electron chi connectivity index (χ0n) is 17.1. The first-order valence-electron chi connectivity index (χ1n) is 9.67. The molecule has 156 valence electrons. The van der Waals surface area contributed by atoms with Crippen LogP contribution in [0.4, 0.5) is 5.95 Å². The molecule has 2 aromatic rings. The lowest BCUT2D eigenvalue weighted by molar-refractivity contribution is -0.133. The number of hydrogen-bond donors (Lipinski definition) is 1. The van der Waals surface area contributed by atoms with Gasteiger partial charge in [-0.3, -0.25) is 9.59 Å². The normalized spacial score (nSPS) is 15.3. The molecule has 1 aliphatic heterocycles. The molecule has 1 unspecified atom stereocenters. The molecule has 3 heterocycles. The summed E-state index contributed by atoms with van der Waals surface area (Å²) < 4.78 is 5.19. The molecule has 29 heavy (non-hydrogen) atoms. The second-order valence-corrected chi connectivity index (χ2v) is 8.03. The number of carbonyl (C=O) groups excluding carboxylic acids is 2. The molecular weight excluding hydrogens is 390 g/mol. The number of carbonyl (C=O) groups is 2. The van der Waals surface area contributed by atoms with E-state index in [0.29, 0.717) is 44.3 Å². The van der Waals surface area contributed by atoms with Crippen LogP contribution in [0.25, 0.3) is 0 Å². The molecule has 8 nitrogen and oxygen atoms in total. The summed E-state index contributed by atoms with van der Waals surface area (Å²) in [5.74, 6) is 1.55. The highest BCUT2D eigenvalue weighted by molar-refractivity contribution is 7.98. The highest BCUT2D eigenvalue weighted by Gasteiger charge is 2.30. The van der Waals surface area contributed by atoms with Crippen molar-refractivity contribution in [3.63, 3.8) is 0 Å². The van der Waals surface area contributed by atoms with Crippen molar-refractivity contribution >= 4 is 29.5 Å². The molecule has 3 rings (SSSR count). The summed E-state index contributed by atoms with van der Waals surface area (Å²) in [5, 5.41) is 3.23. The van der Waals surface area contributed by atoms with Crippen molar-refractivity contribution in [1.82, 2.24) is 19.8 Å². The number of aromatic nitrogens is 2. The summed E-state index contributed by atoms with van der Waals surface area (Å²) in [6.45, 7) is 5.79. The van der Waals surface area contributed by atoms with Gasteiger partial charge in [-0.05, 0) is 50.5 Å². The molecule has 0 bridgehead atoms. The minimum absolute atomic E-state index is 0.0203. The van der Waals surface area contributed by atoms with Gasteiger partial charge in [0.2, 0.25) is 11.9 Å². The van der Waals surface area contributed by atoms with Crippen LogP contribution in [-0.2, 0) is 4.79 Å². The summed E-state index contributed by atoms with van der Waals surface area (Å²) in [6, 6.07) is 4.87. The maximum atomic E-state index is 13.2. The van der Waals surface area contributed by atoms with Gasteiger partial charge in [0.1, 0.15) is 6.04 Å². The predicted molar refractivity (Wildman–Crippen MR) is 113 cm³/mol. The average molecular weight is 418 g/mol. The van der Waals surface area contributed by atoms with Crippen LogP contribution in [0, 0.1) is 13.8 Å². The van der Waals surface area contributed by atoms with Crippen LogP contribution in [0.3, 0.4) is 0 Å². The van der Waals surface area contributed by atoms with E-state index in [1.807, 2.05) is 31.1 Å². The third kappa shape index (κ3) is 5.50. The number of nitrogens with one attached hydrogen (secondary N) is 1. The van der Waals surface area contributed by atoms with Gasteiger partial charge in [0, 0.05) is 37.6 Å². The lowest BCUT2D eigenvalue weighted by Gasteiger charge is -2.36. The first-order valence-corrected chi connectivity index (χ1v) is 11.1. The number of piperazine rings is 1. The third-order valence-electron chi connectivity index (χ3n) is 4.80. The summed E-state index contributed by atoms with van der Waals surface area (Å²) in [5.41, 5.74) is 1.72. The molecule has 1 N–H and O–H groups in total. The summed E-state index contributed by atoms with van der Waals surface area (Å²) in [4.78, 5) is 37.9. The lowest BCUT2D eigenvalue weighted by atomic mass is 10.1. The Labute approximate surface area is 175 Å². The van der Waals surface area contributed by atoms with Crippen molar-refractivity contribution in [2.45, 2.75) is 26.3 Å². The van der Waals surface area contributed by atoms with Gasteiger partial charge in [-0.15, -0.1) is 0 Å². The monoisotopic (exact) mass is 417 g/mol. The number of thioether (sulfide) groups is 1. The van der Waals surface area contributed by atoms with Gasteiger partial charge in [-0.2, -0.15) is 11.8 Å². The van der Waals surface area contributed by atoms with Crippen molar-refractivity contribution in [2.75, 3.05) is 43.5 Å². The molecule has 0 aromatic carbocycles. The summed E-state index contributed by atoms with van der Waals surface area (Å²) >= 11 is 1.70. The fraction of sp³-hybridized carbons (Fsp3) is 0.500. The topological polar surface area (TPSA) is 91.6 Å². The average Bonchev–Trinajstić information content (AvgIpc) is 3.24. The predicted octanol–water partition coefficient (Wildman–Crippen LogP) is 2.20. The van der Waals surface area contributed by atoms with E-state index >= 15 is 0 Å². The Kier molecular flexibility index (Phi) is 7.13. The smallest absolute Gasteiger partial charge is 0.289 e. The van der Waals surface area contributed by atoms with Gasteiger partial charge in [0.25, 0.3) is 5.91 Å². The fourth-order valence-corrected chi connectivity index (χ4v) is 3.82. The largest absolute Gasteiger partial charge is 0.459 e. The molecule has 1 saturated heterocycles. The molecule has 0 spiro atoms. The van der Waals surface area contributed by atoms with Crippen LogP contribution in [0.1, 0.15) is 28.4 Å². The second kappa shape index (κ2) is 9.78. The molecule has 1 atom stereocenters. The highest BCUT2D eigenvalue weighted by Crippen LogP contribution is 2.14. The van der Waals surface area contributed by atoms with Crippen molar-refractivity contribution in [3.05, 3.63) is 41.6 Å². The zero-order chi connectivity index (χ0) is 20.8. The van der Waals surface area contributed by atoms with Crippen LogP contribution in [0.5, 0.6) is 0 Å². The molecule has 9 heteroatoms. The Morgan fingerprint density at radius 1 is 1.17 bits per heavy atom. The minimum atomic E-state index is -0.393. The molecule has 0 saturated carbocycles. The maximum Gasteiger partial charge on any atom is 0.289 e. The molecule has 1 fully saturated rings. The fourth-order valence-electron chi connectivity index (χ4n) is 3.35. The van der Waals surface area contributed by atoms with Gasteiger partial charge >= 0.3 is 0 Å². The van der Waals surface area contributed by atoms with Crippen LogP contribution < -0.4 is 5.32 Å². The van der Waals surface area contributed by atoms with Crippen LogP contribution in [0.15, 0.2) is 28.9 Å². The number of rotatable bonds is 7. The van der Waals surface area contributed by atoms with E-state index in [2.05, 4.69) is 15.3 Å². The van der Waals surface area contributed by atoms with Gasteiger partial charge in [-0.1, -0.05) is 0 Å². The quantitative estimate of drug-likeness (QED) is 0.738. The van der Waals surface area contributed by atoms with E-state index in [0.717, 1.165) is 17.1 Å². The second-order valence-electron chi connectivity index (χ2n) is 7.05. The van der Waals surface area contributed by atoms with Crippen molar-refractivity contribution in [3.8, 4) is 0 Å². The minimum Gasteiger partial charge on any atom is -0.459 e. The number of furan rings is 1. The lowest BCUT2D eigenvalue weighted by Crippen LogP contribution is -2.54. The Balaban J connectivity index is 1.63. The number of anilines is 1. The molecular formula is C20H27N5O3S. The number of nitrogens with zero attached hydrogens (tertiary/aromatic N) is 4. The Morgan fingerprint density at radius 3 is 2.41 bits per heavy atom. The number of amides is 2. The molecule has 1 aliphatic rings. The zero-order valence-corrected chi connectivity index (χ0v) is 17.9. The highest BCUT2D eigenvalue weighted by atomic mass is 32.2. The molecule has 0 aliphatic carbocycles. The number of aryl methyl sites for hydroxylation is 2. The Morgan fingerprint density at radius 2 is 1.83 bits per heavy atom. The third-order valence-corrected chi connectivity index (χ3v) is 5.45. The van der Waals surface area contributed by atoms with E-state index in [1.54, 1.807) is 28.8 Å². The summed E-state index contributed by atoms with van der Waals surface area (Å²) in [6.07, 6.45) is 4.19. The van der Waals surface area contributed by atoms with E-state index in [4.69, 9.17) is 4.42 Å². The molecule has 0 radical (unpaired) electrons. The molecule has 2 aromatic heterocycles. The first kappa shape index (κ1) is 21.2. The van der Waals surface area contributed by atoms with Crippen LogP contribution in [-0.4, -0.2) is 75.8 Å². The summed E-state index contributed by atoms with van der Waals surface area (Å²) in [7, 11) is 0. The van der Waals surface area contributed by atoms with Crippen molar-refractivity contribution in [2.24, 2.45) is 0 Å². The van der Waals surface area contributed by atoms with Gasteiger partial charge in [0.05, 0.1) is 6.26 Å². The SMILES string of the molecule is CSCCC(Nc1nc(C)cc(C)n1)C(=O)N1CCN(C(=O)c2ccco2)CC1. The van der Waals surface area contributed by atoms with Crippen LogP contribution in [0.2, 0.25) is 0 Å². The Hall–Kier alpha value is -2.55. The van der Waals surface area contributed by atoms with E-state index in [-0.39, 0.29) is 11.8 Å². The first-order chi connectivity index (χ1) is 14.0. The van der Waals surface area contributed by atoms with Gasteiger partial charge in [-0.25, -0.2) is 9.97 Å². The van der Waals surface area contributed by atoms with E-state index < -0.39 is 6.04 Å². The van der Waals surface area contributed by atoms with E-state index in [9.17, 15) is 9.59 Å². The maximum absolute atomic E-state index is 13.2. The molecule has 2 amide bonds. The van der Waals surface area contributed by atoms with Crippen LogP contribution >= 0.6 is 11.8 Å². The van der Waals surface area contributed by atoms with Gasteiger partial charge in [0.15, 0.2) is 5.76 Å². The van der Waals surface area contributed by atoms with Crippen molar-refractivity contribution < 1.29 is 14.0 Å². The van der Waals surface area contributed by atoms with Gasteiger partial charge < -0.3 is 19.5 Å².